The molecule has 33 heavy (non-hydrogen) atoms. The summed E-state index contributed by atoms with van der Waals surface area (Å²) in [5.74, 6) is -3.57. The van der Waals surface area contributed by atoms with Gasteiger partial charge in [0, 0.05) is 10.9 Å². The van der Waals surface area contributed by atoms with Crippen molar-refractivity contribution in [1.82, 2.24) is 4.90 Å². The fourth-order valence-electron chi connectivity index (χ4n) is 4.67. The molecule has 180 valence electrons. The Balaban J connectivity index is 0.000000569. The Labute approximate surface area is 200 Å². The topological polar surface area (TPSA) is 98.1 Å². The monoisotopic (exact) mass is 475 g/mol. The molecule has 0 heterocycles. The first-order valence-corrected chi connectivity index (χ1v) is 11.9. The molecule has 2 unspecified atom stereocenters. The van der Waals surface area contributed by atoms with Gasteiger partial charge in [0.25, 0.3) is 0 Å². The second-order valence-electron chi connectivity index (χ2n) is 8.32. The lowest BCUT2D eigenvalue weighted by atomic mass is 9.73. The highest BCUT2D eigenvalue weighted by Gasteiger charge is 2.41. The Morgan fingerprint density at radius 1 is 1.06 bits per heavy atom. The minimum Gasteiger partial charge on any atom is -0.473 e. The number of hydrogen-bond donors (Lipinski definition) is 3. The average molecular weight is 476 g/mol. The zero-order chi connectivity index (χ0) is 24.4. The number of aliphatic hydroxyl groups is 1. The first-order chi connectivity index (χ1) is 15.7. The van der Waals surface area contributed by atoms with E-state index in [-0.39, 0.29) is 5.92 Å². The normalized spacial score (nSPS) is 19.7. The van der Waals surface area contributed by atoms with Crippen LogP contribution in [-0.2, 0) is 21.6 Å². The molecule has 7 heteroatoms. The van der Waals surface area contributed by atoms with Gasteiger partial charge in [0.15, 0.2) is 0 Å². The van der Waals surface area contributed by atoms with Gasteiger partial charge >= 0.3 is 11.9 Å². The largest absolute Gasteiger partial charge is 0.473 e. The number of halogens is 1. The maximum Gasteiger partial charge on any atom is 0.414 e. The van der Waals surface area contributed by atoms with E-state index in [1.165, 1.54) is 5.56 Å². The van der Waals surface area contributed by atoms with Gasteiger partial charge in [-0.15, -0.1) is 0 Å². The lowest BCUT2D eigenvalue weighted by Crippen LogP contribution is -2.35. The van der Waals surface area contributed by atoms with E-state index in [0.29, 0.717) is 0 Å². The molecule has 0 amide bonds. The van der Waals surface area contributed by atoms with Gasteiger partial charge in [-0.2, -0.15) is 0 Å². The molecule has 2 atom stereocenters. The van der Waals surface area contributed by atoms with Gasteiger partial charge in [-0.1, -0.05) is 61.8 Å². The standard InChI is InChI=1S/C24H32ClNO.C2H2O4/c1-3-26(4-2)17-9-16-24(27)22-14-6-5-10-19(22)11-8-15-23(24)20-12-7-13-21(25)18-20;3-1(4)2(5)6/h5-7,10,12-14,18,23,27H,3-4,8-9,11,15-17H2,1-2H3;(H,3,4)(H,5,6). The smallest absolute Gasteiger partial charge is 0.414 e. The third kappa shape index (κ3) is 7.29. The molecule has 0 radical (unpaired) electrons. The summed E-state index contributed by atoms with van der Waals surface area (Å²) < 4.78 is 0. The fraction of sp³-hybridized carbons (Fsp3) is 0.462. The van der Waals surface area contributed by atoms with E-state index in [1.54, 1.807) is 0 Å². The second-order valence-corrected chi connectivity index (χ2v) is 8.76. The summed E-state index contributed by atoms with van der Waals surface area (Å²) >= 11 is 6.29. The van der Waals surface area contributed by atoms with E-state index in [9.17, 15) is 5.11 Å². The van der Waals surface area contributed by atoms with Crippen LogP contribution in [0.4, 0.5) is 0 Å². The molecule has 0 aromatic heterocycles. The highest BCUT2D eigenvalue weighted by atomic mass is 35.5. The summed E-state index contributed by atoms with van der Waals surface area (Å²) in [6.45, 7) is 7.55. The van der Waals surface area contributed by atoms with Gasteiger partial charge in [-0.05, 0) is 80.6 Å². The summed E-state index contributed by atoms with van der Waals surface area (Å²) in [4.78, 5) is 20.6. The van der Waals surface area contributed by atoms with E-state index in [0.717, 1.165) is 67.9 Å². The zero-order valence-corrected chi connectivity index (χ0v) is 20.1. The maximum atomic E-state index is 12.1. The average Bonchev–Trinajstić information content (AvgIpc) is 2.94. The van der Waals surface area contributed by atoms with E-state index in [4.69, 9.17) is 31.4 Å². The van der Waals surface area contributed by atoms with Crippen LogP contribution in [0, 0.1) is 0 Å². The molecule has 0 saturated heterocycles. The van der Waals surface area contributed by atoms with Crippen molar-refractivity contribution in [1.29, 1.82) is 0 Å². The van der Waals surface area contributed by atoms with Crippen molar-refractivity contribution in [3.63, 3.8) is 0 Å². The highest BCUT2D eigenvalue weighted by Crippen LogP contribution is 2.47. The van der Waals surface area contributed by atoms with Crippen LogP contribution in [-0.4, -0.2) is 51.8 Å². The minimum atomic E-state index is -1.82. The van der Waals surface area contributed by atoms with Gasteiger partial charge < -0.3 is 20.2 Å². The van der Waals surface area contributed by atoms with E-state index < -0.39 is 17.5 Å². The molecule has 0 fully saturated rings. The van der Waals surface area contributed by atoms with Crippen LogP contribution in [0.2, 0.25) is 5.02 Å². The molecule has 1 aliphatic carbocycles. The first kappa shape index (κ1) is 26.8. The molecule has 0 spiro atoms. The molecule has 6 nitrogen and oxygen atoms in total. The third-order valence-electron chi connectivity index (χ3n) is 6.36. The molecule has 2 aromatic rings. The summed E-state index contributed by atoms with van der Waals surface area (Å²) in [5, 5.41) is 27.6. The Morgan fingerprint density at radius 3 is 2.33 bits per heavy atom. The Hall–Kier alpha value is -2.41. The predicted octanol–water partition coefficient (Wildman–Crippen LogP) is 4.93. The Morgan fingerprint density at radius 2 is 1.73 bits per heavy atom. The van der Waals surface area contributed by atoms with Crippen LogP contribution in [0.15, 0.2) is 48.5 Å². The lowest BCUT2D eigenvalue weighted by Gasteiger charge is -2.37. The van der Waals surface area contributed by atoms with E-state index in [2.05, 4.69) is 49.1 Å². The van der Waals surface area contributed by atoms with Gasteiger partial charge in [-0.3, -0.25) is 0 Å². The number of benzene rings is 2. The molecular weight excluding hydrogens is 442 g/mol. The number of hydrogen-bond acceptors (Lipinski definition) is 4. The quantitative estimate of drug-likeness (QED) is 0.388. The number of nitrogens with zero attached hydrogens (tertiary/aromatic N) is 1. The number of carboxylic acids is 2. The number of carbonyl (C=O) groups is 2. The fourth-order valence-corrected chi connectivity index (χ4v) is 4.87. The molecule has 3 N–H and O–H groups in total. The van der Waals surface area contributed by atoms with Gasteiger partial charge in [0.1, 0.15) is 0 Å². The molecule has 1 aliphatic rings. The Kier molecular flexibility index (Phi) is 10.4. The van der Waals surface area contributed by atoms with E-state index in [1.807, 2.05) is 18.2 Å². The van der Waals surface area contributed by atoms with Crippen LogP contribution < -0.4 is 0 Å². The lowest BCUT2D eigenvalue weighted by molar-refractivity contribution is -0.159. The van der Waals surface area contributed by atoms with Gasteiger partial charge in [0.05, 0.1) is 5.60 Å². The van der Waals surface area contributed by atoms with E-state index >= 15 is 0 Å². The summed E-state index contributed by atoms with van der Waals surface area (Å²) in [7, 11) is 0. The number of aryl methyl sites for hydroxylation is 1. The SMILES string of the molecule is CCN(CC)CCCC1(O)c2ccccc2CCCC1c1cccc(Cl)c1.O=C(O)C(=O)O. The van der Waals surface area contributed by atoms with Crippen molar-refractivity contribution < 1.29 is 24.9 Å². The summed E-state index contributed by atoms with van der Waals surface area (Å²) in [6, 6.07) is 16.6. The van der Waals surface area contributed by atoms with Crippen molar-refractivity contribution in [2.45, 2.75) is 57.5 Å². The maximum absolute atomic E-state index is 12.1. The van der Waals surface area contributed by atoms with Crippen molar-refractivity contribution >= 4 is 23.5 Å². The number of carboxylic acid groups (broad SMARTS) is 2. The van der Waals surface area contributed by atoms with Gasteiger partial charge in [-0.25, -0.2) is 9.59 Å². The summed E-state index contributed by atoms with van der Waals surface area (Å²) in [5.41, 5.74) is 2.73. The van der Waals surface area contributed by atoms with Crippen LogP contribution in [0.3, 0.4) is 0 Å². The van der Waals surface area contributed by atoms with Crippen molar-refractivity contribution in [3.05, 3.63) is 70.2 Å². The number of aliphatic carboxylic acids is 2. The highest BCUT2D eigenvalue weighted by molar-refractivity contribution is 6.30. The second kappa shape index (κ2) is 12.7. The molecule has 0 bridgehead atoms. The van der Waals surface area contributed by atoms with Crippen molar-refractivity contribution in [2.24, 2.45) is 0 Å². The first-order valence-electron chi connectivity index (χ1n) is 11.5. The van der Waals surface area contributed by atoms with Crippen LogP contribution in [0.5, 0.6) is 0 Å². The molecule has 2 aromatic carbocycles. The zero-order valence-electron chi connectivity index (χ0n) is 19.3. The van der Waals surface area contributed by atoms with Crippen molar-refractivity contribution in [3.8, 4) is 0 Å². The Bertz CT molecular complexity index is 918. The summed E-state index contributed by atoms with van der Waals surface area (Å²) in [6.07, 6.45) is 4.87. The molecular formula is C26H34ClNO5. The third-order valence-corrected chi connectivity index (χ3v) is 6.59. The van der Waals surface area contributed by atoms with Crippen molar-refractivity contribution in [2.75, 3.05) is 19.6 Å². The molecule has 3 rings (SSSR count). The van der Waals surface area contributed by atoms with Crippen LogP contribution in [0.1, 0.15) is 62.1 Å². The number of rotatable bonds is 7. The predicted molar refractivity (Wildman–Crippen MR) is 130 cm³/mol. The minimum absolute atomic E-state index is 0.0801. The van der Waals surface area contributed by atoms with Crippen LogP contribution >= 0.6 is 11.6 Å². The van der Waals surface area contributed by atoms with Crippen LogP contribution in [0.25, 0.3) is 0 Å². The molecule has 0 saturated carbocycles. The molecule has 0 aliphatic heterocycles. The van der Waals surface area contributed by atoms with Gasteiger partial charge in [0.2, 0.25) is 0 Å². The number of fused-ring (bicyclic) bond motifs is 1.